The summed E-state index contributed by atoms with van der Waals surface area (Å²) in [6, 6.07) is 16.9. The van der Waals surface area contributed by atoms with E-state index in [2.05, 4.69) is 26.4 Å². The number of aryl methyl sites for hydroxylation is 1. The minimum Gasteiger partial charge on any atom is -0.353 e. The van der Waals surface area contributed by atoms with Gasteiger partial charge in [-0.2, -0.15) is 0 Å². The van der Waals surface area contributed by atoms with Crippen LogP contribution >= 0.6 is 0 Å². The summed E-state index contributed by atoms with van der Waals surface area (Å²) in [5.41, 5.74) is 4.30. The topological polar surface area (TPSA) is 78.0 Å². The molecule has 0 bridgehead atoms. The van der Waals surface area contributed by atoms with Gasteiger partial charge in [-0.15, -0.1) is 0 Å². The first-order valence-corrected chi connectivity index (χ1v) is 12.5. The summed E-state index contributed by atoms with van der Waals surface area (Å²) in [5.74, 6) is 1.30. The van der Waals surface area contributed by atoms with Gasteiger partial charge in [0, 0.05) is 50.1 Å². The number of rotatable bonds is 8. The molecule has 4 aromatic rings. The molecule has 8 heteroatoms. The molecule has 0 spiro atoms. The summed E-state index contributed by atoms with van der Waals surface area (Å²) in [4.78, 5) is 33.8. The maximum atomic E-state index is 13.4. The van der Waals surface area contributed by atoms with Crippen molar-refractivity contribution in [2.24, 2.45) is 0 Å². The Kier molecular flexibility index (Phi) is 7.35. The van der Waals surface area contributed by atoms with Gasteiger partial charge in [-0.05, 0) is 42.7 Å². The Balaban J connectivity index is 1.24. The summed E-state index contributed by atoms with van der Waals surface area (Å²) in [5, 5.41) is 0. The quantitative estimate of drug-likeness (QED) is 0.372. The van der Waals surface area contributed by atoms with E-state index in [1.54, 1.807) is 18.3 Å². The van der Waals surface area contributed by atoms with Gasteiger partial charge in [0.2, 0.25) is 5.91 Å². The summed E-state index contributed by atoms with van der Waals surface area (Å²) in [6.07, 6.45) is 6.58. The van der Waals surface area contributed by atoms with Gasteiger partial charge < -0.3 is 14.8 Å². The molecule has 1 saturated heterocycles. The number of carbonyl (C=O) groups is 1. The van der Waals surface area contributed by atoms with E-state index >= 15 is 0 Å². The molecule has 1 amide bonds. The number of H-pyrrole nitrogens is 1. The maximum Gasteiger partial charge on any atom is 0.222 e. The smallest absolute Gasteiger partial charge is 0.222 e. The third-order valence-electron chi connectivity index (χ3n) is 6.59. The van der Waals surface area contributed by atoms with E-state index in [4.69, 9.17) is 4.98 Å². The van der Waals surface area contributed by atoms with Crippen LogP contribution < -0.4 is 4.90 Å². The van der Waals surface area contributed by atoms with Gasteiger partial charge in [0.1, 0.15) is 17.3 Å². The van der Waals surface area contributed by atoms with Crippen molar-refractivity contribution in [2.75, 3.05) is 31.1 Å². The van der Waals surface area contributed by atoms with E-state index in [0.29, 0.717) is 43.9 Å². The van der Waals surface area contributed by atoms with Crippen LogP contribution in [0.15, 0.2) is 73.6 Å². The van der Waals surface area contributed by atoms with Gasteiger partial charge >= 0.3 is 0 Å². The number of aromatic amines is 1. The number of benzene rings is 1. The number of hydrogen-bond donors (Lipinski definition) is 1. The minimum atomic E-state index is -0.393. The zero-order valence-corrected chi connectivity index (χ0v) is 20.6. The molecule has 188 valence electrons. The predicted octanol–water partition coefficient (Wildman–Crippen LogP) is 4.99. The average molecular weight is 497 g/mol. The number of anilines is 1. The Labute approximate surface area is 215 Å². The highest BCUT2D eigenvalue weighted by atomic mass is 19.1. The number of piperazine rings is 1. The van der Waals surface area contributed by atoms with E-state index in [0.717, 1.165) is 41.4 Å². The van der Waals surface area contributed by atoms with Gasteiger partial charge in [-0.1, -0.05) is 43.0 Å². The molecular formula is C29H29FN6O. The van der Waals surface area contributed by atoms with Crippen molar-refractivity contribution in [3.05, 3.63) is 90.6 Å². The molecule has 4 heterocycles. The number of nitrogens with zero attached hydrogens (tertiary/aromatic N) is 5. The van der Waals surface area contributed by atoms with Crippen molar-refractivity contribution in [2.45, 2.75) is 19.3 Å². The Hall–Kier alpha value is -4.33. The fraction of sp³-hybridized carbons (Fsp3) is 0.241. The van der Waals surface area contributed by atoms with Crippen LogP contribution in [0.3, 0.4) is 0 Å². The highest BCUT2D eigenvalue weighted by molar-refractivity contribution is 5.76. The van der Waals surface area contributed by atoms with Crippen molar-refractivity contribution in [1.82, 2.24) is 24.8 Å². The first kappa shape index (κ1) is 24.4. The van der Waals surface area contributed by atoms with Crippen LogP contribution in [0.25, 0.3) is 28.9 Å². The zero-order valence-electron chi connectivity index (χ0n) is 20.6. The minimum absolute atomic E-state index is 0.164. The normalized spacial score (nSPS) is 13.5. The number of aromatic nitrogens is 4. The van der Waals surface area contributed by atoms with E-state index in [1.165, 1.54) is 12.3 Å². The summed E-state index contributed by atoms with van der Waals surface area (Å²) in [7, 11) is 0. The second-order valence-electron chi connectivity index (χ2n) is 9.01. The number of pyridine rings is 2. The molecule has 1 aliphatic rings. The lowest BCUT2D eigenvalue weighted by molar-refractivity contribution is -0.131. The van der Waals surface area contributed by atoms with Crippen LogP contribution in [-0.4, -0.2) is 56.9 Å². The lowest BCUT2D eigenvalue weighted by Crippen LogP contribution is -2.49. The van der Waals surface area contributed by atoms with E-state index in [1.807, 2.05) is 47.4 Å². The van der Waals surface area contributed by atoms with Crippen molar-refractivity contribution in [3.8, 4) is 22.8 Å². The largest absolute Gasteiger partial charge is 0.353 e. The average Bonchev–Trinajstić information content (AvgIpc) is 3.38. The number of imidazole rings is 1. The highest BCUT2D eigenvalue weighted by Gasteiger charge is 2.22. The maximum absolute atomic E-state index is 13.4. The Morgan fingerprint density at radius 1 is 1.03 bits per heavy atom. The zero-order chi connectivity index (χ0) is 25.6. The summed E-state index contributed by atoms with van der Waals surface area (Å²) < 4.78 is 13.4. The lowest BCUT2D eigenvalue weighted by atomic mass is 10.0. The molecular weight excluding hydrogens is 467 g/mol. The molecule has 37 heavy (non-hydrogen) atoms. The highest BCUT2D eigenvalue weighted by Crippen LogP contribution is 2.27. The molecule has 1 N–H and O–H groups in total. The Morgan fingerprint density at radius 2 is 1.84 bits per heavy atom. The number of halogens is 1. The molecule has 3 aromatic heterocycles. The van der Waals surface area contributed by atoms with Crippen LogP contribution in [-0.2, 0) is 11.2 Å². The van der Waals surface area contributed by atoms with Crippen LogP contribution in [0.1, 0.15) is 24.1 Å². The molecule has 0 atom stereocenters. The van der Waals surface area contributed by atoms with Crippen molar-refractivity contribution < 1.29 is 9.18 Å². The van der Waals surface area contributed by atoms with Crippen molar-refractivity contribution in [3.63, 3.8) is 0 Å². The molecule has 1 aliphatic heterocycles. The molecule has 0 unspecified atom stereocenters. The van der Waals surface area contributed by atoms with E-state index in [9.17, 15) is 9.18 Å². The molecule has 1 aromatic carbocycles. The standard InChI is InChI=1S/C29H29FN6O/c1-2-21-9-11-22(12-10-21)28-24(33-29(34-28)25-14-13-23(30)20-32-25)6-5-8-27(37)36-18-16-35(17-19-36)26-7-3-4-15-31-26/h2-4,7,9-15,20H,1,5-6,8,16-19H2,(H,33,34). The fourth-order valence-corrected chi connectivity index (χ4v) is 4.54. The SMILES string of the molecule is C=Cc1ccc(-c2nc(-c3ccc(F)cn3)[nH]c2CCCC(=O)N2CCN(c3ccccn3)CC2)cc1. The molecule has 0 radical (unpaired) electrons. The fourth-order valence-electron chi connectivity index (χ4n) is 4.54. The number of carbonyl (C=O) groups excluding carboxylic acids is 1. The molecule has 1 fully saturated rings. The Morgan fingerprint density at radius 3 is 2.51 bits per heavy atom. The number of hydrogen-bond acceptors (Lipinski definition) is 5. The first-order chi connectivity index (χ1) is 18.1. The second-order valence-corrected chi connectivity index (χ2v) is 9.01. The van der Waals surface area contributed by atoms with Gasteiger partial charge in [0.25, 0.3) is 0 Å². The first-order valence-electron chi connectivity index (χ1n) is 12.5. The van der Waals surface area contributed by atoms with Crippen LogP contribution in [0, 0.1) is 5.82 Å². The third-order valence-corrected chi connectivity index (χ3v) is 6.59. The number of nitrogens with one attached hydrogen (secondary N) is 1. The van der Waals surface area contributed by atoms with Gasteiger partial charge in [-0.25, -0.2) is 19.3 Å². The van der Waals surface area contributed by atoms with Crippen molar-refractivity contribution in [1.29, 1.82) is 0 Å². The third kappa shape index (κ3) is 5.74. The van der Waals surface area contributed by atoms with E-state index < -0.39 is 5.82 Å². The molecule has 7 nitrogen and oxygen atoms in total. The van der Waals surface area contributed by atoms with Crippen molar-refractivity contribution >= 4 is 17.8 Å². The molecule has 0 aliphatic carbocycles. The van der Waals surface area contributed by atoms with Crippen LogP contribution in [0.4, 0.5) is 10.2 Å². The van der Waals surface area contributed by atoms with Crippen LogP contribution in [0.2, 0.25) is 0 Å². The van der Waals surface area contributed by atoms with Gasteiger partial charge in [0.15, 0.2) is 5.82 Å². The number of amides is 1. The molecule has 5 rings (SSSR count). The second kappa shape index (κ2) is 11.2. The van der Waals surface area contributed by atoms with Crippen LogP contribution in [0.5, 0.6) is 0 Å². The monoisotopic (exact) mass is 496 g/mol. The summed E-state index contributed by atoms with van der Waals surface area (Å²) >= 11 is 0. The molecule has 0 saturated carbocycles. The van der Waals surface area contributed by atoms with E-state index in [-0.39, 0.29) is 5.91 Å². The summed E-state index contributed by atoms with van der Waals surface area (Å²) in [6.45, 7) is 6.76. The van der Waals surface area contributed by atoms with Gasteiger partial charge in [0.05, 0.1) is 11.9 Å². The van der Waals surface area contributed by atoms with Gasteiger partial charge in [-0.3, -0.25) is 4.79 Å². The Bertz CT molecular complexity index is 1340. The predicted molar refractivity (Wildman–Crippen MR) is 143 cm³/mol. The lowest BCUT2D eigenvalue weighted by Gasteiger charge is -2.35.